The number of benzene rings is 1. The van der Waals surface area contributed by atoms with Crippen molar-refractivity contribution < 1.29 is 9.53 Å². The van der Waals surface area contributed by atoms with Gasteiger partial charge >= 0.3 is 5.97 Å². The molecule has 0 spiro atoms. The Morgan fingerprint density at radius 3 is 2.70 bits per heavy atom. The maximum absolute atomic E-state index is 11.7. The van der Waals surface area contributed by atoms with Crippen molar-refractivity contribution in [1.29, 1.82) is 0 Å². The first-order valence-corrected chi connectivity index (χ1v) is 6.66. The molecule has 0 radical (unpaired) electrons. The molecule has 1 N–H and O–H groups in total. The topological polar surface area (TPSA) is 51.2 Å². The lowest BCUT2D eigenvalue weighted by atomic mass is 10.1. The second-order valence-corrected chi connectivity index (χ2v) is 4.36. The van der Waals surface area contributed by atoms with Crippen molar-refractivity contribution in [3.05, 3.63) is 60.4 Å². The molecule has 2 aromatic rings. The number of hydrogen-bond donors (Lipinski definition) is 1. The van der Waals surface area contributed by atoms with E-state index in [1.54, 1.807) is 12.4 Å². The SMILES string of the molecule is CCOC(=O)CC(Nc1ccccc1)c1cccnc1. The molecule has 2 rings (SSSR count). The normalized spacial score (nSPS) is 11.7. The number of nitrogens with one attached hydrogen (secondary N) is 1. The Hall–Kier alpha value is -2.36. The van der Waals surface area contributed by atoms with Gasteiger partial charge in [0.1, 0.15) is 0 Å². The summed E-state index contributed by atoms with van der Waals surface area (Å²) >= 11 is 0. The molecule has 4 nitrogen and oxygen atoms in total. The molecule has 0 aliphatic carbocycles. The first-order chi connectivity index (χ1) is 9.79. The number of anilines is 1. The van der Waals surface area contributed by atoms with Crippen molar-refractivity contribution in [3.8, 4) is 0 Å². The van der Waals surface area contributed by atoms with E-state index in [4.69, 9.17) is 4.74 Å². The fraction of sp³-hybridized carbons (Fsp3) is 0.250. The van der Waals surface area contributed by atoms with Gasteiger partial charge in [0.25, 0.3) is 0 Å². The van der Waals surface area contributed by atoms with E-state index in [-0.39, 0.29) is 18.4 Å². The molecule has 0 bridgehead atoms. The zero-order valence-electron chi connectivity index (χ0n) is 11.5. The van der Waals surface area contributed by atoms with E-state index in [0.29, 0.717) is 6.61 Å². The van der Waals surface area contributed by atoms with E-state index in [1.165, 1.54) is 0 Å². The second kappa shape index (κ2) is 7.28. The molecule has 0 amide bonds. The van der Waals surface area contributed by atoms with Crippen LogP contribution >= 0.6 is 0 Å². The number of esters is 1. The first kappa shape index (κ1) is 14.1. The first-order valence-electron chi connectivity index (χ1n) is 6.66. The molecule has 1 unspecified atom stereocenters. The number of rotatable bonds is 6. The van der Waals surface area contributed by atoms with Gasteiger partial charge in [-0.1, -0.05) is 24.3 Å². The molecule has 0 saturated heterocycles. The van der Waals surface area contributed by atoms with E-state index < -0.39 is 0 Å². The van der Waals surface area contributed by atoms with E-state index in [2.05, 4.69) is 10.3 Å². The third-order valence-corrected chi connectivity index (χ3v) is 2.88. The Labute approximate surface area is 118 Å². The summed E-state index contributed by atoms with van der Waals surface area (Å²) in [6.45, 7) is 2.20. The molecule has 0 aliphatic rings. The van der Waals surface area contributed by atoms with Crippen molar-refractivity contribution in [2.24, 2.45) is 0 Å². The van der Waals surface area contributed by atoms with Crippen molar-refractivity contribution >= 4 is 11.7 Å². The number of carbonyl (C=O) groups excluding carboxylic acids is 1. The van der Waals surface area contributed by atoms with Crippen LogP contribution in [0.25, 0.3) is 0 Å². The Morgan fingerprint density at radius 2 is 2.05 bits per heavy atom. The largest absolute Gasteiger partial charge is 0.466 e. The summed E-state index contributed by atoms with van der Waals surface area (Å²) in [5, 5.41) is 3.34. The predicted molar refractivity (Wildman–Crippen MR) is 78.3 cm³/mol. The maximum Gasteiger partial charge on any atom is 0.308 e. The Balaban J connectivity index is 2.14. The van der Waals surface area contributed by atoms with E-state index in [1.807, 2.05) is 49.4 Å². The summed E-state index contributed by atoms with van der Waals surface area (Å²) in [6.07, 6.45) is 3.75. The molecule has 1 aromatic carbocycles. The van der Waals surface area contributed by atoms with Gasteiger partial charge in [-0.15, -0.1) is 0 Å². The van der Waals surface area contributed by atoms with E-state index >= 15 is 0 Å². The van der Waals surface area contributed by atoms with Crippen molar-refractivity contribution in [2.45, 2.75) is 19.4 Å². The number of para-hydroxylation sites is 1. The smallest absolute Gasteiger partial charge is 0.308 e. The van der Waals surface area contributed by atoms with Crippen LogP contribution in [0.4, 0.5) is 5.69 Å². The molecular formula is C16H18N2O2. The van der Waals surface area contributed by atoms with Gasteiger partial charge in [-0.05, 0) is 30.7 Å². The third-order valence-electron chi connectivity index (χ3n) is 2.88. The van der Waals surface area contributed by atoms with Gasteiger partial charge in [-0.3, -0.25) is 9.78 Å². The minimum Gasteiger partial charge on any atom is -0.466 e. The van der Waals surface area contributed by atoms with E-state index in [0.717, 1.165) is 11.3 Å². The lowest BCUT2D eigenvalue weighted by molar-refractivity contribution is -0.143. The summed E-state index contributed by atoms with van der Waals surface area (Å²) in [4.78, 5) is 15.8. The molecular weight excluding hydrogens is 252 g/mol. The fourth-order valence-corrected chi connectivity index (χ4v) is 1.96. The molecule has 104 valence electrons. The highest BCUT2D eigenvalue weighted by Crippen LogP contribution is 2.22. The lowest BCUT2D eigenvalue weighted by Gasteiger charge is -2.19. The minimum atomic E-state index is -0.218. The quantitative estimate of drug-likeness (QED) is 0.819. The van der Waals surface area contributed by atoms with Gasteiger partial charge in [0, 0.05) is 18.1 Å². The molecule has 0 saturated carbocycles. The average Bonchev–Trinajstić information content (AvgIpc) is 2.49. The monoisotopic (exact) mass is 270 g/mol. The maximum atomic E-state index is 11.7. The van der Waals surface area contributed by atoms with Crippen LogP contribution in [0.3, 0.4) is 0 Å². The third kappa shape index (κ3) is 4.09. The second-order valence-electron chi connectivity index (χ2n) is 4.36. The predicted octanol–water partition coefficient (Wildman–Crippen LogP) is 3.19. The number of pyridine rings is 1. The summed E-state index contributed by atoms with van der Waals surface area (Å²) in [5.74, 6) is -0.218. The number of nitrogens with zero attached hydrogens (tertiary/aromatic N) is 1. The van der Waals surface area contributed by atoms with Crippen LogP contribution in [0.1, 0.15) is 24.9 Å². The summed E-state index contributed by atoms with van der Waals surface area (Å²) in [7, 11) is 0. The summed E-state index contributed by atoms with van der Waals surface area (Å²) < 4.78 is 5.03. The fourth-order valence-electron chi connectivity index (χ4n) is 1.96. The molecule has 0 fully saturated rings. The zero-order chi connectivity index (χ0) is 14.2. The molecule has 1 atom stereocenters. The standard InChI is InChI=1S/C16H18N2O2/c1-2-20-16(19)11-15(13-7-6-10-17-12-13)18-14-8-4-3-5-9-14/h3-10,12,15,18H,2,11H2,1H3. The number of hydrogen-bond acceptors (Lipinski definition) is 4. The highest BCUT2D eigenvalue weighted by atomic mass is 16.5. The molecule has 20 heavy (non-hydrogen) atoms. The van der Waals surface area contributed by atoms with Crippen LogP contribution in [0.2, 0.25) is 0 Å². The van der Waals surface area contributed by atoms with Gasteiger partial charge in [0.05, 0.1) is 19.1 Å². The van der Waals surface area contributed by atoms with Crippen LogP contribution in [0.5, 0.6) is 0 Å². The van der Waals surface area contributed by atoms with Gasteiger partial charge < -0.3 is 10.1 Å². The van der Waals surface area contributed by atoms with Crippen LogP contribution in [-0.2, 0) is 9.53 Å². The molecule has 1 aromatic heterocycles. The van der Waals surface area contributed by atoms with Gasteiger partial charge in [0.15, 0.2) is 0 Å². The summed E-state index contributed by atoms with van der Waals surface area (Å²) in [6, 6.07) is 13.5. The van der Waals surface area contributed by atoms with Crippen LogP contribution in [0, 0.1) is 0 Å². The van der Waals surface area contributed by atoms with Crippen LogP contribution in [-0.4, -0.2) is 17.6 Å². The lowest BCUT2D eigenvalue weighted by Crippen LogP contribution is -2.17. The molecule has 1 heterocycles. The van der Waals surface area contributed by atoms with Crippen LogP contribution in [0.15, 0.2) is 54.9 Å². The number of ether oxygens (including phenoxy) is 1. The Morgan fingerprint density at radius 1 is 1.25 bits per heavy atom. The number of aromatic nitrogens is 1. The van der Waals surface area contributed by atoms with E-state index in [9.17, 15) is 4.79 Å². The summed E-state index contributed by atoms with van der Waals surface area (Å²) in [5.41, 5.74) is 1.93. The molecule has 0 aliphatic heterocycles. The zero-order valence-corrected chi connectivity index (χ0v) is 11.5. The van der Waals surface area contributed by atoms with Gasteiger partial charge in [-0.2, -0.15) is 0 Å². The van der Waals surface area contributed by atoms with Crippen molar-refractivity contribution in [2.75, 3.05) is 11.9 Å². The average molecular weight is 270 g/mol. The highest BCUT2D eigenvalue weighted by molar-refractivity contribution is 5.71. The highest BCUT2D eigenvalue weighted by Gasteiger charge is 2.16. The van der Waals surface area contributed by atoms with Gasteiger partial charge in [0.2, 0.25) is 0 Å². The Bertz CT molecular complexity index is 529. The van der Waals surface area contributed by atoms with Crippen LogP contribution < -0.4 is 5.32 Å². The van der Waals surface area contributed by atoms with Crippen molar-refractivity contribution in [3.63, 3.8) is 0 Å². The Kier molecular flexibility index (Phi) is 5.12. The number of carbonyl (C=O) groups is 1. The van der Waals surface area contributed by atoms with Crippen molar-refractivity contribution in [1.82, 2.24) is 4.98 Å². The van der Waals surface area contributed by atoms with Gasteiger partial charge in [-0.25, -0.2) is 0 Å². The molecule has 4 heteroatoms. The minimum absolute atomic E-state index is 0.148.